The number of anilines is 1. The molecule has 2 aromatic rings. The minimum atomic E-state index is -0.457. The number of nitrogens with one attached hydrogen (secondary N) is 1. The number of amides is 1. The second kappa shape index (κ2) is 4.59. The number of fused-ring (bicyclic) bond motifs is 1. The maximum absolute atomic E-state index is 11.0. The summed E-state index contributed by atoms with van der Waals surface area (Å²) in [6.07, 6.45) is 1.68. The second-order valence-corrected chi connectivity index (χ2v) is 4.17. The van der Waals surface area contributed by atoms with Gasteiger partial charge in [0.05, 0.1) is 16.2 Å². The monoisotopic (exact) mass is 249 g/mol. The topological polar surface area (TPSA) is 68.0 Å². The van der Waals surface area contributed by atoms with Gasteiger partial charge in [0.15, 0.2) is 0 Å². The van der Waals surface area contributed by atoms with E-state index in [-0.39, 0.29) is 0 Å². The number of rotatable bonds is 3. The Morgan fingerprint density at radius 1 is 1.47 bits per heavy atom. The molecule has 1 aromatic heterocycles. The number of primary amides is 1. The van der Waals surface area contributed by atoms with E-state index in [1.54, 1.807) is 25.3 Å². The number of carbonyl (C=O) groups excluding carboxylic acids is 1. The van der Waals surface area contributed by atoms with E-state index in [1.807, 2.05) is 12.1 Å². The maximum atomic E-state index is 11.0. The Kier molecular flexibility index (Phi) is 3.15. The molecule has 0 spiro atoms. The molecule has 88 valence electrons. The van der Waals surface area contributed by atoms with Crippen molar-refractivity contribution >= 4 is 34.1 Å². The Hall–Kier alpha value is -1.81. The fraction of sp³-hybridized carbons (Fsp3) is 0.167. The lowest BCUT2D eigenvalue weighted by molar-refractivity contribution is -0.118. The smallest absolute Gasteiger partial charge is 0.239 e. The largest absolute Gasteiger partial charge is 0.372 e. The van der Waals surface area contributed by atoms with Gasteiger partial charge in [0.25, 0.3) is 0 Å². The Balaban J connectivity index is 2.48. The zero-order valence-corrected chi connectivity index (χ0v) is 10.0. The van der Waals surface area contributed by atoms with Gasteiger partial charge in [-0.05, 0) is 31.2 Å². The lowest BCUT2D eigenvalue weighted by Crippen LogP contribution is -2.32. The molecule has 0 aliphatic heterocycles. The molecule has 0 bridgehead atoms. The van der Waals surface area contributed by atoms with Crippen LogP contribution in [0.15, 0.2) is 30.5 Å². The highest BCUT2D eigenvalue weighted by atomic mass is 35.5. The highest BCUT2D eigenvalue weighted by Gasteiger charge is 2.11. The van der Waals surface area contributed by atoms with E-state index in [4.69, 9.17) is 17.3 Å². The molecule has 0 aliphatic carbocycles. The molecule has 1 atom stereocenters. The molecule has 0 aliphatic rings. The quantitative estimate of drug-likeness (QED) is 0.876. The van der Waals surface area contributed by atoms with Gasteiger partial charge < -0.3 is 11.1 Å². The third-order valence-corrected chi connectivity index (χ3v) is 2.84. The van der Waals surface area contributed by atoms with Gasteiger partial charge in [-0.1, -0.05) is 11.6 Å². The third-order valence-electron chi connectivity index (χ3n) is 2.52. The molecule has 3 N–H and O–H groups in total. The lowest BCUT2D eigenvalue weighted by atomic mass is 10.1. The first-order chi connectivity index (χ1) is 8.09. The summed E-state index contributed by atoms with van der Waals surface area (Å²) >= 11 is 6.07. The van der Waals surface area contributed by atoms with E-state index in [1.165, 1.54) is 0 Å². The summed E-state index contributed by atoms with van der Waals surface area (Å²) < 4.78 is 0. The molecule has 1 aromatic carbocycles. The molecular formula is C12H12ClN3O. The summed E-state index contributed by atoms with van der Waals surface area (Å²) in [4.78, 5) is 15.3. The maximum Gasteiger partial charge on any atom is 0.239 e. The number of hydrogen-bond acceptors (Lipinski definition) is 3. The molecule has 4 nitrogen and oxygen atoms in total. The Labute approximate surface area is 104 Å². The predicted molar refractivity (Wildman–Crippen MR) is 69.0 cm³/mol. The minimum Gasteiger partial charge on any atom is -0.372 e. The Bertz CT molecular complexity index is 571. The van der Waals surface area contributed by atoms with Crippen molar-refractivity contribution < 1.29 is 4.79 Å². The first kappa shape index (κ1) is 11.7. The average Bonchev–Trinajstić information content (AvgIpc) is 2.33. The fourth-order valence-electron chi connectivity index (χ4n) is 1.56. The summed E-state index contributed by atoms with van der Waals surface area (Å²) in [5, 5.41) is 4.49. The van der Waals surface area contributed by atoms with Crippen LogP contribution in [0.3, 0.4) is 0 Å². The van der Waals surface area contributed by atoms with E-state index < -0.39 is 11.9 Å². The molecule has 17 heavy (non-hydrogen) atoms. The highest BCUT2D eigenvalue weighted by Crippen LogP contribution is 2.28. The molecule has 5 heteroatoms. The van der Waals surface area contributed by atoms with E-state index in [9.17, 15) is 4.79 Å². The third kappa shape index (κ3) is 2.31. The standard InChI is InChI=1S/C12H12ClN3O/c1-7(12(14)17)16-10-5-4-9(13)8-3-2-6-15-11(8)10/h2-7,16H,1H3,(H2,14,17). The molecule has 0 saturated heterocycles. The van der Waals surface area contributed by atoms with Gasteiger partial charge in [-0.2, -0.15) is 0 Å². The van der Waals surface area contributed by atoms with Crippen LogP contribution in [0.1, 0.15) is 6.92 Å². The van der Waals surface area contributed by atoms with Crippen LogP contribution < -0.4 is 11.1 Å². The van der Waals surface area contributed by atoms with Crippen molar-refractivity contribution in [1.82, 2.24) is 4.98 Å². The fourth-order valence-corrected chi connectivity index (χ4v) is 1.77. The number of benzene rings is 1. The van der Waals surface area contributed by atoms with Crippen molar-refractivity contribution in [2.75, 3.05) is 5.32 Å². The van der Waals surface area contributed by atoms with Crippen molar-refractivity contribution in [3.05, 3.63) is 35.5 Å². The molecule has 1 amide bonds. The van der Waals surface area contributed by atoms with E-state index in [2.05, 4.69) is 10.3 Å². The number of carbonyl (C=O) groups is 1. The zero-order chi connectivity index (χ0) is 12.4. The summed E-state index contributed by atoms with van der Waals surface area (Å²) in [7, 11) is 0. The first-order valence-electron chi connectivity index (χ1n) is 5.18. The second-order valence-electron chi connectivity index (χ2n) is 3.76. The molecule has 2 rings (SSSR count). The molecule has 1 heterocycles. The Morgan fingerprint density at radius 2 is 2.24 bits per heavy atom. The molecule has 0 saturated carbocycles. The van der Waals surface area contributed by atoms with Gasteiger partial charge in [0.2, 0.25) is 5.91 Å². The van der Waals surface area contributed by atoms with Crippen molar-refractivity contribution in [3.63, 3.8) is 0 Å². The van der Waals surface area contributed by atoms with Crippen LogP contribution in [-0.2, 0) is 4.79 Å². The summed E-state index contributed by atoms with van der Waals surface area (Å²) in [6, 6.07) is 6.79. The predicted octanol–water partition coefficient (Wildman–Crippen LogP) is 2.17. The lowest BCUT2D eigenvalue weighted by Gasteiger charge is -2.13. The van der Waals surface area contributed by atoms with Crippen molar-refractivity contribution in [3.8, 4) is 0 Å². The van der Waals surface area contributed by atoms with Crippen LogP contribution in [-0.4, -0.2) is 16.9 Å². The molecule has 0 radical (unpaired) electrons. The number of aromatic nitrogens is 1. The SMILES string of the molecule is CC(Nc1ccc(Cl)c2cccnc12)C(N)=O. The normalized spacial score (nSPS) is 12.4. The molecular weight excluding hydrogens is 238 g/mol. The Morgan fingerprint density at radius 3 is 2.94 bits per heavy atom. The minimum absolute atomic E-state index is 0.413. The van der Waals surface area contributed by atoms with Crippen molar-refractivity contribution in [1.29, 1.82) is 0 Å². The van der Waals surface area contributed by atoms with Gasteiger partial charge >= 0.3 is 0 Å². The first-order valence-corrected chi connectivity index (χ1v) is 5.56. The van der Waals surface area contributed by atoms with Gasteiger partial charge in [0, 0.05) is 11.6 Å². The van der Waals surface area contributed by atoms with E-state index in [0.29, 0.717) is 5.02 Å². The van der Waals surface area contributed by atoms with Gasteiger partial charge in [0.1, 0.15) is 6.04 Å². The summed E-state index contributed by atoms with van der Waals surface area (Å²) in [5.74, 6) is -0.413. The molecule has 0 fully saturated rings. The zero-order valence-electron chi connectivity index (χ0n) is 9.27. The number of nitrogens with zero attached hydrogens (tertiary/aromatic N) is 1. The van der Waals surface area contributed by atoms with Gasteiger partial charge in [-0.3, -0.25) is 9.78 Å². The number of hydrogen-bond donors (Lipinski definition) is 2. The molecule has 1 unspecified atom stereocenters. The summed E-state index contributed by atoms with van der Waals surface area (Å²) in [6.45, 7) is 1.70. The van der Waals surface area contributed by atoms with Crippen LogP contribution >= 0.6 is 11.6 Å². The highest BCUT2D eigenvalue weighted by molar-refractivity contribution is 6.35. The number of pyridine rings is 1. The van der Waals surface area contributed by atoms with Crippen molar-refractivity contribution in [2.24, 2.45) is 5.73 Å². The van der Waals surface area contributed by atoms with Crippen LogP contribution in [0.5, 0.6) is 0 Å². The van der Waals surface area contributed by atoms with Crippen LogP contribution in [0.4, 0.5) is 5.69 Å². The number of nitrogens with two attached hydrogens (primary N) is 1. The van der Waals surface area contributed by atoms with Crippen LogP contribution in [0, 0.1) is 0 Å². The average molecular weight is 250 g/mol. The number of halogens is 1. The van der Waals surface area contributed by atoms with Crippen LogP contribution in [0.2, 0.25) is 5.02 Å². The van der Waals surface area contributed by atoms with Gasteiger partial charge in [-0.15, -0.1) is 0 Å². The van der Waals surface area contributed by atoms with E-state index >= 15 is 0 Å². The van der Waals surface area contributed by atoms with Gasteiger partial charge in [-0.25, -0.2) is 0 Å². The van der Waals surface area contributed by atoms with Crippen molar-refractivity contribution in [2.45, 2.75) is 13.0 Å². The van der Waals surface area contributed by atoms with E-state index in [0.717, 1.165) is 16.6 Å². The summed E-state index contributed by atoms with van der Waals surface area (Å²) in [5.41, 5.74) is 6.69. The van der Waals surface area contributed by atoms with Crippen LogP contribution in [0.25, 0.3) is 10.9 Å².